The molecular formula is C15H21ClN2O3S. The van der Waals surface area contributed by atoms with E-state index in [4.69, 9.17) is 11.6 Å². The standard InChI is InChI=1S/C15H21ClN2O3S/c1-18(22(2,20)21)8-4-7-17-15(19)14-10-13(14)11-5-3-6-12(16)9-11/h3,5-6,9,13-14H,4,7-8,10H2,1-2H3,(H,17,19)/t13-,14+/m1/s1. The summed E-state index contributed by atoms with van der Waals surface area (Å²) in [5.41, 5.74) is 1.10. The van der Waals surface area contributed by atoms with Crippen LogP contribution >= 0.6 is 11.6 Å². The largest absolute Gasteiger partial charge is 0.356 e. The molecule has 0 saturated heterocycles. The van der Waals surface area contributed by atoms with Crippen LogP contribution < -0.4 is 5.32 Å². The summed E-state index contributed by atoms with van der Waals surface area (Å²) in [7, 11) is -1.61. The third kappa shape index (κ3) is 4.69. The maximum Gasteiger partial charge on any atom is 0.223 e. The van der Waals surface area contributed by atoms with Crippen LogP contribution in [0.2, 0.25) is 5.02 Å². The molecule has 1 saturated carbocycles. The summed E-state index contributed by atoms with van der Waals surface area (Å²) in [6, 6.07) is 7.61. The number of carbonyl (C=O) groups is 1. The van der Waals surface area contributed by atoms with E-state index in [0.717, 1.165) is 12.0 Å². The Kier molecular flexibility index (Phi) is 5.47. The summed E-state index contributed by atoms with van der Waals surface area (Å²) in [5.74, 6) is 0.287. The first kappa shape index (κ1) is 17.2. The van der Waals surface area contributed by atoms with E-state index < -0.39 is 10.0 Å². The van der Waals surface area contributed by atoms with Crippen molar-refractivity contribution in [2.45, 2.75) is 18.8 Å². The van der Waals surface area contributed by atoms with Crippen molar-refractivity contribution in [2.75, 3.05) is 26.4 Å². The summed E-state index contributed by atoms with van der Waals surface area (Å²) in [5, 5.41) is 3.56. The van der Waals surface area contributed by atoms with Gasteiger partial charge in [0.05, 0.1) is 6.26 Å². The van der Waals surface area contributed by atoms with Gasteiger partial charge in [0.2, 0.25) is 15.9 Å². The molecule has 0 aliphatic heterocycles. The average Bonchev–Trinajstić information content (AvgIpc) is 3.22. The molecule has 1 fully saturated rings. The van der Waals surface area contributed by atoms with Gasteiger partial charge in [-0.05, 0) is 36.5 Å². The molecule has 0 aromatic heterocycles. The van der Waals surface area contributed by atoms with Crippen LogP contribution in [0.3, 0.4) is 0 Å². The van der Waals surface area contributed by atoms with Crippen LogP contribution in [0.15, 0.2) is 24.3 Å². The molecule has 1 N–H and O–H groups in total. The summed E-state index contributed by atoms with van der Waals surface area (Å²) < 4.78 is 23.7. The fraction of sp³-hybridized carbons (Fsp3) is 0.533. The van der Waals surface area contributed by atoms with Gasteiger partial charge in [0.1, 0.15) is 0 Å². The molecule has 1 aliphatic carbocycles. The summed E-state index contributed by atoms with van der Waals surface area (Å²) in [6.45, 7) is 0.888. The van der Waals surface area contributed by atoms with Crippen molar-refractivity contribution in [3.8, 4) is 0 Å². The van der Waals surface area contributed by atoms with E-state index in [9.17, 15) is 13.2 Å². The molecule has 2 atom stereocenters. The van der Waals surface area contributed by atoms with Gasteiger partial charge in [0.25, 0.3) is 0 Å². The van der Waals surface area contributed by atoms with Crippen LogP contribution in [0.25, 0.3) is 0 Å². The summed E-state index contributed by atoms with van der Waals surface area (Å²) in [6.07, 6.45) is 2.62. The number of carbonyl (C=O) groups excluding carboxylic acids is 1. The van der Waals surface area contributed by atoms with E-state index in [1.165, 1.54) is 17.6 Å². The van der Waals surface area contributed by atoms with Crippen molar-refractivity contribution in [3.63, 3.8) is 0 Å². The predicted molar refractivity (Wildman–Crippen MR) is 87.4 cm³/mol. The number of hydrogen-bond donors (Lipinski definition) is 1. The minimum Gasteiger partial charge on any atom is -0.356 e. The maximum atomic E-state index is 12.0. The molecule has 5 nitrogen and oxygen atoms in total. The molecule has 22 heavy (non-hydrogen) atoms. The Morgan fingerprint density at radius 3 is 2.82 bits per heavy atom. The van der Waals surface area contributed by atoms with Crippen LogP contribution in [0.1, 0.15) is 24.3 Å². The van der Waals surface area contributed by atoms with Gasteiger partial charge in [-0.1, -0.05) is 23.7 Å². The first-order chi connectivity index (χ1) is 10.3. The second kappa shape index (κ2) is 6.98. The molecule has 1 aromatic rings. The Balaban J connectivity index is 1.72. The third-order valence-corrected chi connectivity index (χ3v) is 5.47. The number of halogens is 1. The molecule has 0 spiro atoms. The topological polar surface area (TPSA) is 66.5 Å². The normalized spacial score (nSPS) is 20.9. The smallest absolute Gasteiger partial charge is 0.223 e. The highest BCUT2D eigenvalue weighted by Gasteiger charge is 2.43. The molecule has 0 heterocycles. The number of rotatable bonds is 7. The van der Waals surface area contributed by atoms with E-state index in [0.29, 0.717) is 24.5 Å². The predicted octanol–water partition coefficient (Wildman–Crippen LogP) is 1.84. The first-order valence-electron chi connectivity index (χ1n) is 7.23. The van der Waals surface area contributed by atoms with Crippen LogP contribution in [-0.2, 0) is 14.8 Å². The van der Waals surface area contributed by atoms with E-state index in [-0.39, 0.29) is 17.7 Å². The second-order valence-corrected chi connectivity index (χ2v) is 8.26. The number of sulfonamides is 1. The summed E-state index contributed by atoms with van der Waals surface area (Å²) in [4.78, 5) is 12.0. The fourth-order valence-electron chi connectivity index (χ4n) is 2.40. The first-order valence-corrected chi connectivity index (χ1v) is 9.46. The van der Waals surface area contributed by atoms with E-state index in [2.05, 4.69) is 5.32 Å². The van der Waals surface area contributed by atoms with Crippen LogP contribution in [0, 0.1) is 5.92 Å². The van der Waals surface area contributed by atoms with Crippen molar-refractivity contribution < 1.29 is 13.2 Å². The lowest BCUT2D eigenvalue weighted by atomic mass is 10.1. The quantitative estimate of drug-likeness (QED) is 0.767. The summed E-state index contributed by atoms with van der Waals surface area (Å²) >= 11 is 5.96. The highest BCUT2D eigenvalue weighted by molar-refractivity contribution is 7.88. The fourth-order valence-corrected chi connectivity index (χ4v) is 3.06. The lowest BCUT2D eigenvalue weighted by Crippen LogP contribution is -2.31. The zero-order valence-corrected chi connectivity index (χ0v) is 14.3. The van der Waals surface area contributed by atoms with Crippen LogP contribution in [-0.4, -0.2) is 45.0 Å². The molecule has 0 unspecified atom stereocenters. The molecule has 7 heteroatoms. The SMILES string of the molecule is CN(CCCNC(=O)[C@H]1C[C@@H]1c1cccc(Cl)c1)S(C)(=O)=O. The van der Waals surface area contributed by atoms with E-state index in [1.54, 1.807) is 0 Å². The average molecular weight is 345 g/mol. The third-order valence-electron chi connectivity index (χ3n) is 3.92. The highest BCUT2D eigenvalue weighted by Crippen LogP contribution is 2.47. The molecule has 122 valence electrons. The van der Waals surface area contributed by atoms with Gasteiger partial charge in [0.15, 0.2) is 0 Å². The van der Waals surface area contributed by atoms with Gasteiger partial charge in [-0.15, -0.1) is 0 Å². The maximum absolute atomic E-state index is 12.0. The Bertz CT molecular complexity index is 648. The van der Waals surface area contributed by atoms with Crippen molar-refractivity contribution >= 4 is 27.5 Å². The number of nitrogens with one attached hydrogen (secondary N) is 1. The Labute approximate surface area is 136 Å². The highest BCUT2D eigenvalue weighted by atomic mass is 35.5. The monoisotopic (exact) mass is 344 g/mol. The van der Waals surface area contributed by atoms with E-state index in [1.807, 2.05) is 24.3 Å². The molecule has 2 rings (SSSR count). The number of hydrogen-bond acceptors (Lipinski definition) is 3. The van der Waals surface area contributed by atoms with Crippen molar-refractivity contribution in [1.29, 1.82) is 0 Å². The van der Waals surface area contributed by atoms with Gasteiger partial charge < -0.3 is 5.32 Å². The Hall–Kier alpha value is -1.11. The van der Waals surface area contributed by atoms with E-state index >= 15 is 0 Å². The molecule has 0 radical (unpaired) electrons. The molecule has 1 aliphatic rings. The van der Waals surface area contributed by atoms with Gasteiger partial charge in [-0.3, -0.25) is 4.79 Å². The van der Waals surface area contributed by atoms with Gasteiger partial charge in [-0.25, -0.2) is 12.7 Å². The number of benzene rings is 1. The van der Waals surface area contributed by atoms with Crippen LogP contribution in [0.5, 0.6) is 0 Å². The van der Waals surface area contributed by atoms with Crippen LogP contribution in [0.4, 0.5) is 0 Å². The van der Waals surface area contributed by atoms with Crippen molar-refractivity contribution in [3.05, 3.63) is 34.9 Å². The van der Waals surface area contributed by atoms with Crippen molar-refractivity contribution in [1.82, 2.24) is 9.62 Å². The lowest BCUT2D eigenvalue weighted by Gasteiger charge is -2.13. The Morgan fingerprint density at radius 1 is 1.45 bits per heavy atom. The van der Waals surface area contributed by atoms with Crippen molar-refractivity contribution in [2.24, 2.45) is 5.92 Å². The molecule has 1 aromatic carbocycles. The second-order valence-electron chi connectivity index (χ2n) is 5.73. The van der Waals surface area contributed by atoms with Gasteiger partial charge >= 0.3 is 0 Å². The Morgan fingerprint density at radius 2 is 2.18 bits per heavy atom. The zero-order chi connectivity index (χ0) is 16.3. The number of amides is 1. The number of nitrogens with zero attached hydrogens (tertiary/aromatic N) is 1. The molecule has 1 amide bonds. The van der Waals surface area contributed by atoms with Gasteiger partial charge in [0, 0.05) is 31.1 Å². The minimum absolute atomic E-state index is 0.00565. The zero-order valence-electron chi connectivity index (χ0n) is 12.8. The lowest BCUT2D eigenvalue weighted by molar-refractivity contribution is -0.122. The molecular weight excluding hydrogens is 324 g/mol. The van der Waals surface area contributed by atoms with Gasteiger partial charge in [-0.2, -0.15) is 0 Å². The molecule has 0 bridgehead atoms. The minimum atomic E-state index is -3.15.